The number of carbonyl (C=O) groups is 1. The van der Waals surface area contributed by atoms with E-state index in [2.05, 4.69) is 15.3 Å². The number of nitrogens with one attached hydrogen (secondary N) is 2. The molecule has 0 aromatic carbocycles. The first-order chi connectivity index (χ1) is 12.6. The highest BCUT2D eigenvalue weighted by atomic mass is 35.5. The van der Waals surface area contributed by atoms with Gasteiger partial charge in [-0.05, 0) is 6.07 Å². The van der Waals surface area contributed by atoms with Crippen molar-refractivity contribution in [3.8, 4) is 0 Å². The Labute approximate surface area is 158 Å². The van der Waals surface area contributed by atoms with E-state index >= 15 is 0 Å². The van der Waals surface area contributed by atoms with Crippen molar-refractivity contribution >= 4 is 35.0 Å². The number of pyridine rings is 2. The van der Waals surface area contributed by atoms with E-state index < -0.39 is 39.4 Å². The molecule has 0 atom stereocenters. The number of aromatic nitrogens is 2. The highest BCUT2D eigenvalue weighted by Gasteiger charge is 2.31. The standard InChI is InChI=1S/C14H10ClF3N4O4S/c15-10-3-7(14(16,17)18)5-21-13(10)27-2-1-19-11(23)9-4-8(22(25)26)6-20-12(9)24/h3-6H,1-2H2,(H,19,23)(H,20,24). The molecule has 1 amide bonds. The Bertz CT molecular complexity index is 935. The molecule has 0 aliphatic carbocycles. The number of alkyl halides is 3. The van der Waals surface area contributed by atoms with Crippen molar-refractivity contribution in [2.75, 3.05) is 12.3 Å². The quantitative estimate of drug-likeness (QED) is 0.320. The molecule has 0 bridgehead atoms. The fraction of sp³-hybridized carbons (Fsp3) is 0.214. The molecule has 2 aromatic rings. The average molecular weight is 423 g/mol. The fourth-order valence-electron chi connectivity index (χ4n) is 1.84. The first kappa shape index (κ1) is 20.7. The molecule has 0 aliphatic heterocycles. The van der Waals surface area contributed by atoms with Gasteiger partial charge in [0.2, 0.25) is 0 Å². The summed E-state index contributed by atoms with van der Waals surface area (Å²) in [6.07, 6.45) is -3.04. The first-order valence-electron chi connectivity index (χ1n) is 7.10. The van der Waals surface area contributed by atoms with E-state index in [0.29, 0.717) is 6.20 Å². The van der Waals surface area contributed by atoms with Gasteiger partial charge in [-0.25, -0.2) is 4.98 Å². The Morgan fingerprint density at radius 2 is 2.11 bits per heavy atom. The topological polar surface area (TPSA) is 118 Å². The third kappa shape index (κ3) is 5.44. The molecule has 144 valence electrons. The minimum absolute atomic E-state index is 0.0185. The van der Waals surface area contributed by atoms with Crippen molar-refractivity contribution in [3.63, 3.8) is 0 Å². The predicted octanol–water partition coefficient (Wildman–Crippen LogP) is 2.87. The predicted molar refractivity (Wildman–Crippen MR) is 91.0 cm³/mol. The van der Waals surface area contributed by atoms with E-state index in [1.807, 2.05) is 0 Å². The minimum Gasteiger partial charge on any atom is -0.351 e. The number of nitro groups is 1. The number of H-pyrrole nitrogens is 1. The zero-order valence-corrected chi connectivity index (χ0v) is 14.7. The molecule has 2 heterocycles. The van der Waals surface area contributed by atoms with Gasteiger partial charge >= 0.3 is 6.18 Å². The summed E-state index contributed by atoms with van der Waals surface area (Å²) in [5.74, 6) is -0.636. The molecule has 0 saturated heterocycles. The maximum absolute atomic E-state index is 12.5. The molecule has 0 aliphatic rings. The molecular formula is C14H10ClF3N4O4S. The zero-order valence-electron chi connectivity index (χ0n) is 13.2. The van der Waals surface area contributed by atoms with Gasteiger partial charge in [-0.2, -0.15) is 13.2 Å². The fourth-order valence-corrected chi connectivity index (χ4v) is 2.89. The molecule has 0 unspecified atom stereocenters. The van der Waals surface area contributed by atoms with Crippen LogP contribution >= 0.6 is 23.4 Å². The van der Waals surface area contributed by atoms with E-state index in [-0.39, 0.29) is 22.3 Å². The van der Waals surface area contributed by atoms with Crippen LogP contribution in [0.5, 0.6) is 0 Å². The molecule has 0 saturated carbocycles. The summed E-state index contributed by atoms with van der Waals surface area (Å²) in [5.41, 5.74) is -2.65. The third-order valence-corrected chi connectivity index (χ3v) is 4.51. The Balaban J connectivity index is 1.94. The smallest absolute Gasteiger partial charge is 0.351 e. The van der Waals surface area contributed by atoms with Gasteiger partial charge in [0.1, 0.15) is 10.6 Å². The largest absolute Gasteiger partial charge is 0.417 e. The van der Waals surface area contributed by atoms with E-state index in [9.17, 15) is 32.9 Å². The molecule has 0 spiro atoms. The van der Waals surface area contributed by atoms with Gasteiger partial charge in [-0.15, -0.1) is 11.8 Å². The summed E-state index contributed by atoms with van der Waals surface area (Å²) in [5, 5.41) is 13.0. The van der Waals surface area contributed by atoms with Gasteiger partial charge in [0.25, 0.3) is 17.2 Å². The lowest BCUT2D eigenvalue weighted by Gasteiger charge is -2.09. The summed E-state index contributed by atoms with van der Waals surface area (Å²) in [6.45, 7) is 0.0185. The molecule has 13 heteroatoms. The third-order valence-electron chi connectivity index (χ3n) is 3.10. The Hall–Kier alpha value is -2.60. The average Bonchev–Trinajstić information content (AvgIpc) is 2.58. The van der Waals surface area contributed by atoms with Crippen LogP contribution in [0.4, 0.5) is 18.9 Å². The Morgan fingerprint density at radius 1 is 1.41 bits per heavy atom. The number of hydrogen-bond acceptors (Lipinski definition) is 6. The van der Waals surface area contributed by atoms with Crippen LogP contribution in [0.1, 0.15) is 15.9 Å². The number of thioether (sulfide) groups is 1. The number of rotatable bonds is 6. The van der Waals surface area contributed by atoms with Gasteiger partial charge in [0.05, 0.1) is 21.7 Å². The van der Waals surface area contributed by atoms with Gasteiger partial charge < -0.3 is 10.3 Å². The molecule has 0 radical (unpaired) electrons. The van der Waals surface area contributed by atoms with E-state index in [1.165, 1.54) is 0 Å². The Kier molecular flexibility index (Phi) is 6.44. The van der Waals surface area contributed by atoms with Gasteiger partial charge in [0, 0.05) is 24.6 Å². The van der Waals surface area contributed by atoms with E-state index in [0.717, 1.165) is 30.1 Å². The van der Waals surface area contributed by atoms with Crippen molar-refractivity contribution in [1.29, 1.82) is 0 Å². The van der Waals surface area contributed by atoms with Crippen molar-refractivity contribution in [3.05, 3.63) is 61.1 Å². The SMILES string of the molecule is O=C(NCCSc1ncc(C(F)(F)F)cc1Cl)c1cc([N+](=O)[O-])c[nH]c1=O. The second-order valence-corrected chi connectivity index (χ2v) is 6.46. The second kappa shape index (κ2) is 8.39. The lowest BCUT2D eigenvalue weighted by molar-refractivity contribution is -0.385. The lowest BCUT2D eigenvalue weighted by Crippen LogP contribution is -2.31. The highest BCUT2D eigenvalue weighted by Crippen LogP contribution is 2.33. The van der Waals surface area contributed by atoms with Crippen LogP contribution in [0, 0.1) is 10.1 Å². The maximum Gasteiger partial charge on any atom is 0.417 e. The zero-order chi connectivity index (χ0) is 20.2. The monoisotopic (exact) mass is 422 g/mol. The number of hydrogen-bond donors (Lipinski definition) is 2. The molecule has 0 fully saturated rings. The number of aromatic amines is 1. The molecule has 8 nitrogen and oxygen atoms in total. The normalized spacial score (nSPS) is 11.3. The van der Waals surface area contributed by atoms with Gasteiger partial charge in [0.15, 0.2) is 0 Å². The minimum atomic E-state index is -4.56. The van der Waals surface area contributed by atoms with Crippen LogP contribution in [0.3, 0.4) is 0 Å². The molecule has 2 N–H and O–H groups in total. The van der Waals surface area contributed by atoms with Crippen LogP contribution < -0.4 is 10.9 Å². The number of halogens is 4. The summed E-state index contributed by atoms with van der Waals surface area (Å²) < 4.78 is 37.6. The lowest BCUT2D eigenvalue weighted by atomic mass is 10.2. The second-order valence-electron chi connectivity index (χ2n) is 4.97. The van der Waals surface area contributed by atoms with Gasteiger partial charge in [-0.1, -0.05) is 11.6 Å². The van der Waals surface area contributed by atoms with Gasteiger partial charge in [-0.3, -0.25) is 19.7 Å². The van der Waals surface area contributed by atoms with Crippen LogP contribution in [0.25, 0.3) is 0 Å². The molecule has 2 rings (SSSR count). The molecular weight excluding hydrogens is 413 g/mol. The summed E-state index contributed by atoms with van der Waals surface area (Å²) in [4.78, 5) is 39.2. The molecule has 27 heavy (non-hydrogen) atoms. The van der Waals surface area contributed by atoms with Crippen molar-refractivity contribution in [2.45, 2.75) is 11.2 Å². The van der Waals surface area contributed by atoms with Crippen LogP contribution in [-0.4, -0.2) is 33.1 Å². The van der Waals surface area contributed by atoms with Crippen LogP contribution in [0.2, 0.25) is 5.02 Å². The van der Waals surface area contributed by atoms with Crippen LogP contribution in [0.15, 0.2) is 34.3 Å². The summed E-state index contributed by atoms with van der Waals surface area (Å²) in [6, 6.07) is 1.59. The van der Waals surface area contributed by atoms with E-state index in [4.69, 9.17) is 11.6 Å². The number of nitrogens with zero attached hydrogens (tertiary/aromatic N) is 2. The first-order valence-corrected chi connectivity index (χ1v) is 8.47. The highest BCUT2D eigenvalue weighted by molar-refractivity contribution is 7.99. The summed E-state index contributed by atoms with van der Waals surface area (Å²) >= 11 is 6.76. The number of amides is 1. The number of carbonyl (C=O) groups excluding carboxylic acids is 1. The summed E-state index contributed by atoms with van der Waals surface area (Å²) in [7, 11) is 0. The Morgan fingerprint density at radius 3 is 2.70 bits per heavy atom. The maximum atomic E-state index is 12.5. The van der Waals surface area contributed by atoms with Crippen LogP contribution in [-0.2, 0) is 6.18 Å². The molecule has 2 aromatic heterocycles. The van der Waals surface area contributed by atoms with Crippen molar-refractivity contribution < 1.29 is 22.9 Å². The van der Waals surface area contributed by atoms with E-state index in [1.54, 1.807) is 0 Å². The van der Waals surface area contributed by atoms with Crippen molar-refractivity contribution in [1.82, 2.24) is 15.3 Å². The van der Waals surface area contributed by atoms with Crippen molar-refractivity contribution in [2.24, 2.45) is 0 Å².